The average Bonchev–Trinajstić information content (AvgIpc) is 2.46. The highest BCUT2D eigenvalue weighted by Gasteiger charge is 2.33. The fraction of sp³-hybridized carbons (Fsp3) is 0.462. The van der Waals surface area contributed by atoms with E-state index < -0.39 is 0 Å². The van der Waals surface area contributed by atoms with E-state index in [1.807, 2.05) is 6.07 Å². The van der Waals surface area contributed by atoms with Gasteiger partial charge < -0.3 is 10.1 Å². The number of nitrogens with one attached hydrogen (secondary N) is 1. The van der Waals surface area contributed by atoms with Crippen molar-refractivity contribution in [1.82, 2.24) is 0 Å². The van der Waals surface area contributed by atoms with Gasteiger partial charge in [-0.1, -0.05) is 18.0 Å². The number of halogens is 1. The van der Waals surface area contributed by atoms with Gasteiger partial charge >= 0.3 is 5.97 Å². The quantitative estimate of drug-likeness (QED) is 0.720. The number of rotatable bonds is 0. The van der Waals surface area contributed by atoms with E-state index in [4.69, 9.17) is 16.3 Å². The van der Waals surface area contributed by atoms with Gasteiger partial charge in [0, 0.05) is 10.7 Å². The van der Waals surface area contributed by atoms with Crippen molar-refractivity contribution in [2.24, 2.45) is 0 Å². The van der Waals surface area contributed by atoms with Gasteiger partial charge in [0.25, 0.3) is 0 Å². The molecule has 4 heteroatoms. The van der Waals surface area contributed by atoms with Gasteiger partial charge in [-0.15, -0.1) is 0 Å². The Morgan fingerprint density at radius 1 is 1.29 bits per heavy atom. The molecule has 0 amide bonds. The summed E-state index contributed by atoms with van der Waals surface area (Å²) in [5.74, 6) is -0.260. The fourth-order valence-corrected chi connectivity index (χ4v) is 2.79. The SMILES string of the molecule is O=C1OC2CCCCC2Nc2ccc(Cl)cc21. The minimum absolute atomic E-state index is 0.00225. The van der Waals surface area contributed by atoms with E-state index in [1.54, 1.807) is 12.1 Å². The molecule has 1 aromatic carbocycles. The summed E-state index contributed by atoms with van der Waals surface area (Å²) < 4.78 is 5.54. The van der Waals surface area contributed by atoms with Gasteiger partial charge in [-0.3, -0.25) is 0 Å². The molecule has 1 aromatic rings. The van der Waals surface area contributed by atoms with E-state index in [9.17, 15) is 4.79 Å². The van der Waals surface area contributed by atoms with Crippen molar-refractivity contribution in [1.29, 1.82) is 0 Å². The number of hydrogen-bond acceptors (Lipinski definition) is 3. The summed E-state index contributed by atoms with van der Waals surface area (Å²) in [6, 6.07) is 5.57. The van der Waals surface area contributed by atoms with Crippen LogP contribution in [0.15, 0.2) is 18.2 Å². The van der Waals surface area contributed by atoms with Gasteiger partial charge in [0.15, 0.2) is 0 Å². The maximum atomic E-state index is 12.0. The lowest BCUT2D eigenvalue weighted by Gasteiger charge is -2.29. The van der Waals surface area contributed by atoms with E-state index in [-0.39, 0.29) is 18.1 Å². The molecule has 3 rings (SSSR count). The smallest absolute Gasteiger partial charge is 0.340 e. The van der Waals surface area contributed by atoms with Gasteiger partial charge in [0.2, 0.25) is 0 Å². The Morgan fingerprint density at radius 3 is 3.00 bits per heavy atom. The fourth-order valence-electron chi connectivity index (χ4n) is 2.61. The normalized spacial score (nSPS) is 27.2. The van der Waals surface area contributed by atoms with E-state index in [0.717, 1.165) is 24.9 Å². The van der Waals surface area contributed by atoms with Crippen molar-refractivity contribution in [3.63, 3.8) is 0 Å². The average molecular weight is 252 g/mol. The first-order chi connectivity index (χ1) is 8.24. The zero-order valence-corrected chi connectivity index (χ0v) is 10.2. The molecule has 2 unspecified atom stereocenters. The first-order valence-electron chi connectivity index (χ1n) is 6.01. The predicted octanol–water partition coefficient (Wildman–Crippen LogP) is 3.23. The largest absolute Gasteiger partial charge is 0.457 e. The molecular formula is C13H14ClNO2. The molecule has 2 aliphatic rings. The number of carbonyl (C=O) groups excluding carboxylic acids is 1. The molecule has 1 aliphatic heterocycles. The molecule has 0 bridgehead atoms. The van der Waals surface area contributed by atoms with Crippen LogP contribution in [0.2, 0.25) is 5.02 Å². The Labute approximate surface area is 105 Å². The van der Waals surface area contributed by atoms with Crippen molar-refractivity contribution >= 4 is 23.3 Å². The summed E-state index contributed by atoms with van der Waals surface area (Å²) in [6.45, 7) is 0. The zero-order valence-electron chi connectivity index (χ0n) is 9.41. The maximum Gasteiger partial charge on any atom is 0.340 e. The molecule has 0 radical (unpaired) electrons. The second-order valence-electron chi connectivity index (χ2n) is 4.67. The van der Waals surface area contributed by atoms with Gasteiger partial charge in [-0.05, 0) is 37.5 Å². The zero-order chi connectivity index (χ0) is 11.8. The summed E-state index contributed by atoms with van der Waals surface area (Å²) >= 11 is 5.91. The summed E-state index contributed by atoms with van der Waals surface area (Å²) in [4.78, 5) is 12.0. The number of carbonyl (C=O) groups is 1. The van der Waals surface area contributed by atoms with Crippen LogP contribution in [0.3, 0.4) is 0 Å². The summed E-state index contributed by atoms with van der Waals surface area (Å²) in [5, 5.41) is 3.98. The number of fused-ring (bicyclic) bond motifs is 2. The van der Waals surface area contributed by atoms with Gasteiger partial charge in [0.05, 0.1) is 11.6 Å². The third-order valence-corrected chi connectivity index (χ3v) is 3.74. The second-order valence-corrected chi connectivity index (χ2v) is 5.11. The first-order valence-corrected chi connectivity index (χ1v) is 6.39. The van der Waals surface area contributed by atoms with Crippen LogP contribution in [0.5, 0.6) is 0 Å². The van der Waals surface area contributed by atoms with E-state index in [2.05, 4.69) is 5.32 Å². The Kier molecular flexibility index (Phi) is 2.71. The molecule has 0 saturated heterocycles. The van der Waals surface area contributed by atoms with Crippen LogP contribution >= 0.6 is 11.6 Å². The molecule has 17 heavy (non-hydrogen) atoms. The minimum Gasteiger partial charge on any atom is -0.457 e. The Morgan fingerprint density at radius 2 is 2.12 bits per heavy atom. The van der Waals surface area contributed by atoms with Gasteiger partial charge in [0.1, 0.15) is 6.10 Å². The number of esters is 1. The number of ether oxygens (including phenoxy) is 1. The predicted molar refractivity (Wildman–Crippen MR) is 66.5 cm³/mol. The lowest BCUT2D eigenvalue weighted by molar-refractivity contribution is 0.0194. The highest BCUT2D eigenvalue weighted by Crippen LogP contribution is 2.31. The van der Waals surface area contributed by atoms with Crippen LogP contribution in [0, 0.1) is 0 Å². The standard InChI is InChI=1S/C13H14ClNO2/c14-8-5-6-10-9(7-8)13(16)17-12-4-2-1-3-11(12)15-10/h5-7,11-12,15H,1-4H2. The Bertz CT molecular complexity index is 461. The highest BCUT2D eigenvalue weighted by atomic mass is 35.5. The topological polar surface area (TPSA) is 38.3 Å². The number of benzene rings is 1. The summed E-state index contributed by atoms with van der Waals surface area (Å²) in [7, 11) is 0. The molecule has 0 aromatic heterocycles. The lowest BCUT2D eigenvalue weighted by Crippen LogP contribution is -2.37. The summed E-state index contributed by atoms with van der Waals surface area (Å²) in [6.07, 6.45) is 4.33. The van der Waals surface area contributed by atoms with Crippen LogP contribution in [0.1, 0.15) is 36.0 Å². The Hall–Kier alpha value is -1.22. The lowest BCUT2D eigenvalue weighted by atomic mass is 9.92. The van der Waals surface area contributed by atoms with Crippen molar-refractivity contribution in [3.8, 4) is 0 Å². The van der Waals surface area contributed by atoms with Gasteiger partial charge in [-0.25, -0.2) is 4.79 Å². The molecule has 1 heterocycles. The van der Waals surface area contributed by atoms with Crippen molar-refractivity contribution < 1.29 is 9.53 Å². The van der Waals surface area contributed by atoms with Crippen molar-refractivity contribution in [3.05, 3.63) is 28.8 Å². The third kappa shape index (κ3) is 2.00. The minimum atomic E-state index is -0.260. The van der Waals surface area contributed by atoms with Gasteiger partial charge in [-0.2, -0.15) is 0 Å². The monoisotopic (exact) mass is 251 g/mol. The highest BCUT2D eigenvalue weighted by molar-refractivity contribution is 6.31. The molecule has 1 aliphatic carbocycles. The van der Waals surface area contributed by atoms with Crippen LogP contribution in [0.4, 0.5) is 5.69 Å². The number of hydrogen-bond donors (Lipinski definition) is 1. The number of anilines is 1. The molecule has 1 fully saturated rings. The van der Waals surface area contributed by atoms with Crippen molar-refractivity contribution in [2.45, 2.75) is 37.8 Å². The van der Waals surface area contributed by atoms with Crippen LogP contribution in [-0.4, -0.2) is 18.1 Å². The maximum absolute atomic E-state index is 12.0. The molecule has 1 N–H and O–H groups in total. The van der Waals surface area contributed by atoms with E-state index in [0.29, 0.717) is 10.6 Å². The molecule has 0 spiro atoms. The molecule has 3 nitrogen and oxygen atoms in total. The molecule has 2 atom stereocenters. The van der Waals surface area contributed by atoms with Crippen LogP contribution < -0.4 is 5.32 Å². The van der Waals surface area contributed by atoms with Crippen LogP contribution in [-0.2, 0) is 4.74 Å². The molecule has 90 valence electrons. The molecule has 1 saturated carbocycles. The van der Waals surface area contributed by atoms with Crippen molar-refractivity contribution in [2.75, 3.05) is 5.32 Å². The van der Waals surface area contributed by atoms with Crippen LogP contribution in [0.25, 0.3) is 0 Å². The summed E-state index contributed by atoms with van der Waals surface area (Å²) in [5.41, 5.74) is 1.39. The van der Waals surface area contributed by atoms with E-state index >= 15 is 0 Å². The third-order valence-electron chi connectivity index (χ3n) is 3.50. The second kappa shape index (κ2) is 4.22. The first kappa shape index (κ1) is 10.9. The Balaban J connectivity index is 1.98. The van der Waals surface area contributed by atoms with E-state index in [1.165, 1.54) is 6.42 Å². The molecular weight excluding hydrogens is 238 g/mol.